The lowest BCUT2D eigenvalue weighted by Crippen LogP contribution is -2.36. The summed E-state index contributed by atoms with van der Waals surface area (Å²) in [4.78, 5) is 20.9. The van der Waals surface area contributed by atoms with E-state index in [9.17, 15) is 4.79 Å². The first-order chi connectivity index (χ1) is 15.9. The van der Waals surface area contributed by atoms with E-state index in [2.05, 4.69) is 53.6 Å². The molecule has 1 fully saturated rings. The van der Waals surface area contributed by atoms with Crippen LogP contribution in [0.2, 0.25) is 0 Å². The average molecular weight is 578 g/mol. The van der Waals surface area contributed by atoms with Gasteiger partial charge in [0.05, 0.1) is 6.54 Å². The Morgan fingerprint density at radius 2 is 1.68 bits per heavy atom. The minimum Gasteiger partial charge on any atom is -0.357 e. The van der Waals surface area contributed by atoms with Crippen molar-refractivity contribution >= 4 is 35.8 Å². The second-order valence-corrected chi connectivity index (χ2v) is 9.24. The van der Waals surface area contributed by atoms with Crippen LogP contribution in [0.25, 0.3) is 0 Å². The smallest absolute Gasteiger partial charge is 0.253 e. The largest absolute Gasteiger partial charge is 0.357 e. The number of hydrogen-bond donors (Lipinski definition) is 2. The summed E-state index contributed by atoms with van der Waals surface area (Å²) in [6.07, 6.45) is 2.67. The molecule has 1 unspecified atom stereocenters. The quantitative estimate of drug-likeness (QED) is 0.276. The van der Waals surface area contributed by atoms with Crippen molar-refractivity contribution in [3.05, 3.63) is 70.8 Å². The van der Waals surface area contributed by atoms with E-state index in [0.29, 0.717) is 12.1 Å². The number of benzene rings is 2. The highest BCUT2D eigenvalue weighted by molar-refractivity contribution is 14.0. The summed E-state index contributed by atoms with van der Waals surface area (Å²) >= 11 is 0. The predicted octanol–water partition coefficient (Wildman–Crippen LogP) is 4.49. The Bertz CT molecular complexity index is 912. The van der Waals surface area contributed by atoms with Gasteiger partial charge in [-0.15, -0.1) is 24.0 Å². The number of nitrogens with one attached hydrogen (secondary N) is 2. The maximum Gasteiger partial charge on any atom is 0.253 e. The highest BCUT2D eigenvalue weighted by atomic mass is 127. The van der Waals surface area contributed by atoms with Gasteiger partial charge in [0.2, 0.25) is 0 Å². The van der Waals surface area contributed by atoms with Crippen molar-refractivity contribution in [3.8, 4) is 0 Å². The van der Waals surface area contributed by atoms with Crippen molar-refractivity contribution in [2.75, 3.05) is 33.7 Å². The Kier molecular flexibility index (Phi) is 11.8. The minimum atomic E-state index is 0. The molecule has 0 aromatic heterocycles. The van der Waals surface area contributed by atoms with Crippen molar-refractivity contribution in [2.24, 2.45) is 10.9 Å². The minimum absolute atomic E-state index is 0. The molecule has 0 bridgehead atoms. The molecule has 1 amide bonds. The van der Waals surface area contributed by atoms with Crippen LogP contribution in [0.15, 0.2) is 53.5 Å². The molecule has 1 aliphatic heterocycles. The molecule has 2 N–H and O–H groups in total. The van der Waals surface area contributed by atoms with Crippen LogP contribution in [0, 0.1) is 5.92 Å². The van der Waals surface area contributed by atoms with Crippen molar-refractivity contribution in [3.63, 3.8) is 0 Å². The molecule has 6 nitrogen and oxygen atoms in total. The lowest BCUT2D eigenvalue weighted by atomic mass is 9.99. The second kappa shape index (κ2) is 14.3. The summed E-state index contributed by atoms with van der Waals surface area (Å²) in [5.74, 6) is 1.61. The van der Waals surface area contributed by atoms with Gasteiger partial charge in [0.25, 0.3) is 5.91 Å². The van der Waals surface area contributed by atoms with Crippen molar-refractivity contribution in [1.82, 2.24) is 20.4 Å². The normalized spacial score (nSPS) is 16.5. The molecule has 0 aliphatic carbocycles. The first kappa shape index (κ1) is 28.1. The molecule has 1 atom stereocenters. The number of aliphatic imine (C=N–C) groups is 1. The Morgan fingerprint density at radius 1 is 1.03 bits per heavy atom. The number of amides is 1. The Morgan fingerprint density at radius 3 is 2.29 bits per heavy atom. The van der Waals surface area contributed by atoms with E-state index in [1.165, 1.54) is 37.1 Å². The van der Waals surface area contributed by atoms with E-state index >= 15 is 0 Å². The van der Waals surface area contributed by atoms with Gasteiger partial charge in [-0.2, -0.15) is 0 Å². The van der Waals surface area contributed by atoms with Crippen LogP contribution in [0.4, 0.5) is 0 Å². The fourth-order valence-corrected chi connectivity index (χ4v) is 4.16. The third-order valence-corrected chi connectivity index (χ3v) is 6.00. The van der Waals surface area contributed by atoms with E-state index in [0.717, 1.165) is 37.1 Å². The monoisotopic (exact) mass is 577 g/mol. The Balaban J connectivity index is 0.00000408. The molecule has 0 saturated carbocycles. The van der Waals surface area contributed by atoms with Crippen LogP contribution >= 0.6 is 24.0 Å². The number of likely N-dealkylation sites (tertiary alicyclic amines) is 1. The van der Waals surface area contributed by atoms with Crippen LogP contribution in [0.3, 0.4) is 0 Å². The van der Waals surface area contributed by atoms with Crippen LogP contribution in [-0.4, -0.2) is 55.4 Å². The Labute approximate surface area is 222 Å². The van der Waals surface area contributed by atoms with Gasteiger partial charge >= 0.3 is 0 Å². The first-order valence-electron chi connectivity index (χ1n) is 12.1. The van der Waals surface area contributed by atoms with E-state index in [4.69, 9.17) is 4.99 Å². The SMILES string of the molecule is CCNC(=NCc1ccc(C(=O)N(C)C)cc1)NCc1ccc(CN2CCCC(C)C2)cc1.I. The van der Waals surface area contributed by atoms with Gasteiger partial charge in [-0.25, -0.2) is 4.99 Å². The van der Waals surface area contributed by atoms with Gasteiger partial charge in [0.1, 0.15) is 0 Å². The third-order valence-electron chi connectivity index (χ3n) is 6.00. The predicted molar refractivity (Wildman–Crippen MR) is 152 cm³/mol. The third kappa shape index (κ3) is 8.91. The summed E-state index contributed by atoms with van der Waals surface area (Å²) in [5.41, 5.74) is 4.38. The van der Waals surface area contributed by atoms with Crippen LogP contribution < -0.4 is 10.6 Å². The fraction of sp³-hybridized carbons (Fsp3) is 0.481. The number of hydrogen-bond acceptors (Lipinski definition) is 3. The molecule has 1 saturated heterocycles. The number of carbonyl (C=O) groups is 1. The summed E-state index contributed by atoms with van der Waals surface area (Å²) in [6, 6.07) is 16.6. The fourth-order valence-electron chi connectivity index (χ4n) is 4.16. The molecule has 7 heteroatoms. The maximum atomic E-state index is 12.0. The van der Waals surface area contributed by atoms with E-state index in [1.807, 2.05) is 24.3 Å². The highest BCUT2D eigenvalue weighted by Crippen LogP contribution is 2.18. The zero-order valence-corrected chi connectivity index (χ0v) is 23.3. The molecule has 0 radical (unpaired) electrons. The van der Waals surface area contributed by atoms with Gasteiger partial charge < -0.3 is 15.5 Å². The van der Waals surface area contributed by atoms with Gasteiger partial charge in [-0.3, -0.25) is 9.69 Å². The summed E-state index contributed by atoms with van der Waals surface area (Å²) in [6.45, 7) is 9.96. The second-order valence-electron chi connectivity index (χ2n) is 9.24. The summed E-state index contributed by atoms with van der Waals surface area (Å²) < 4.78 is 0. The summed E-state index contributed by atoms with van der Waals surface area (Å²) in [5, 5.41) is 6.73. The maximum absolute atomic E-state index is 12.0. The molecule has 3 rings (SSSR count). The zero-order valence-electron chi connectivity index (χ0n) is 21.0. The summed E-state index contributed by atoms with van der Waals surface area (Å²) in [7, 11) is 3.52. The molecule has 0 spiro atoms. The highest BCUT2D eigenvalue weighted by Gasteiger charge is 2.16. The van der Waals surface area contributed by atoms with Crippen LogP contribution in [-0.2, 0) is 19.6 Å². The zero-order chi connectivity index (χ0) is 23.6. The van der Waals surface area contributed by atoms with Crippen molar-refractivity contribution < 1.29 is 4.79 Å². The van der Waals surface area contributed by atoms with Crippen molar-refractivity contribution in [1.29, 1.82) is 0 Å². The van der Waals surface area contributed by atoms with E-state index in [-0.39, 0.29) is 29.9 Å². The molecule has 2 aromatic rings. The first-order valence-corrected chi connectivity index (χ1v) is 12.1. The number of halogens is 1. The van der Waals surface area contributed by atoms with Crippen LogP contribution in [0.1, 0.15) is 53.7 Å². The standard InChI is InChI=1S/C27H39N5O.HI/c1-5-28-27(30-18-23-12-14-25(15-13-23)26(33)31(3)4)29-17-22-8-10-24(11-9-22)20-32-16-6-7-21(2)19-32;/h8-15,21H,5-7,16-20H2,1-4H3,(H2,28,29,30);1H. The molecule has 186 valence electrons. The molecular formula is C27H40IN5O. The topological polar surface area (TPSA) is 60.0 Å². The number of guanidine groups is 1. The molecule has 1 aliphatic rings. The van der Waals surface area contributed by atoms with Crippen molar-refractivity contribution in [2.45, 2.75) is 46.3 Å². The van der Waals surface area contributed by atoms with Gasteiger partial charge in [-0.1, -0.05) is 43.3 Å². The van der Waals surface area contributed by atoms with Crippen LogP contribution in [0.5, 0.6) is 0 Å². The molecular weight excluding hydrogens is 537 g/mol. The number of carbonyl (C=O) groups excluding carboxylic acids is 1. The van der Waals surface area contributed by atoms with E-state index in [1.54, 1.807) is 19.0 Å². The molecule has 34 heavy (non-hydrogen) atoms. The number of nitrogens with zero attached hydrogens (tertiary/aromatic N) is 3. The lowest BCUT2D eigenvalue weighted by Gasteiger charge is -2.30. The van der Waals surface area contributed by atoms with Gasteiger partial charge in [0.15, 0.2) is 5.96 Å². The van der Waals surface area contributed by atoms with Gasteiger partial charge in [-0.05, 0) is 61.1 Å². The molecule has 2 aromatic carbocycles. The Hall–Kier alpha value is -2.13. The average Bonchev–Trinajstić information content (AvgIpc) is 2.81. The number of piperidine rings is 1. The lowest BCUT2D eigenvalue weighted by molar-refractivity contribution is 0.0827. The number of rotatable bonds is 8. The molecule has 1 heterocycles. The van der Waals surface area contributed by atoms with Gasteiger partial charge in [0, 0.05) is 45.8 Å². The van der Waals surface area contributed by atoms with E-state index < -0.39 is 0 Å².